The third-order valence-electron chi connectivity index (χ3n) is 0.667. The standard InChI is InChI=1S/C6H6.C2H6.CO2/c1-2-4-6-5-3-1;1-2;2-1-3/h1-6H;1-2H3;. The van der Waals surface area contributed by atoms with Crippen LogP contribution in [0.2, 0.25) is 0 Å². The maximum atomic E-state index is 8.12. The molecule has 0 saturated carbocycles. The lowest BCUT2D eigenvalue weighted by Gasteiger charge is -1.69. The Bertz CT molecular complexity index is 137. The third kappa shape index (κ3) is 17.7. The van der Waals surface area contributed by atoms with Gasteiger partial charge < -0.3 is 0 Å². The summed E-state index contributed by atoms with van der Waals surface area (Å²) in [5.74, 6) is 0. The van der Waals surface area contributed by atoms with Gasteiger partial charge in [-0.3, -0.25) is 0 Å². The molecular weight excluding hydrogens is 140 g/mol. The molecule has 1 rings (SSSR count). The third-order valence-corrected chi connectivity index (χ3v) is 0.667. The Morgan fingerprint density at radius 1 is 0.727 bits per heavy atom. The summed E-state index contributed by atoms with van der Waals surface area (Å²) in [5.41, 5.74) is 0. The molecule has 11 heavy (non-hydrogen) atoms. The Balaban J connectivity index is 0. The van der Waals surface area contributed by atoms with Crippen molar-refractivity contribution in [2.24, 2.45) is 0 Å². The molecule has 0 atom stereocenters. The van der Waals surface area contributed by atoms with Gasteiger partial charge in [0.05, 0.1) is 0 Å². The van der Waals surface area contributed by atoms with Crippen molar-refractivity contribution in [1.82, 2.24) is 0 Å². The van der Waals surface area contributed by atoms with Crippen molar-refractivity contribution in [3.05, 3.63) is 36.4 Å². The number of hydrogen-bond acceptors (Lipinski definition) is 2. The van der Waals surface area contributed by atoms with Gasteiger partial charge in [-0.2, -0.15) is 9.59 Å². The molecule has 2 heteroatoms. The Kier molecular flexibility index (Phi) is 17.7. The highest BCUT2D eigenvalue weighted by molar-refractivity contribution is 5.20. The molecule has 1 aromatic carbocycles. The highest BCUT2D eigenvalue weighted by atomic mass is 16.2. The molecule has 0 aliphatic heterocycles. The molecular formula is C9H12O2. The average molecular weight is 152 g/mol. The first-order valence-corrected chi connectivity index (χ1v) is 3.41. The zero-order valence-corrected chi connectivity index (χ0v) is 6.78. The fraction of sp³-hybridized carbons (Fsp3) is 0.222. The zero-order valence-electron chi connectivity index (χ0n) is 6.78. The van der Waals surface area contributed by atoms with Gasteiger partial charge in [0.2, 0.25) is 0 Å². The molecule has 0 heterocycles. The van der Waals surface area contributed by atoms with E-state index in [0.717, 1.165) is 0 Å². The van der Waals surface area contributed by atoms with Gasteiger partial charge in [0.1, 0.15) is 0 Å². The quantitative estimate of drug-likeness (QED) is 0.570. The largest absolute Gasteiger partial charge is 0.373 e. The highest BCUT2D eigenvalue weighted by Crippen LogP contribution is 1.79. The lowest BCUT2D eigenvalue weighted by atomic mass is 10.4. The van der Waals surface area contributed by atoms with Crippen LogP contribution >= 0.6 is 0 Å². The van der Waals surface area contributed by atoms with Crippen molar-refractivity contribution < 1.29 is 9.59 Å². The Morgan fingerprint density at radius 2 is 0.818 bits per heavy atom. The van der Waals surface area contributed by atoms with E-state index in [1.54, 1.807) is 0 Å². The summed E-state index contributed by atoms with van der Waals surface area (Å²) in [6, 6.07) is 12.0. The lowest BCUT2D eigenvalue weighted by Crippen LogP contribution is -1.47. The first-order valence-electron chi connectivity index (χ1n) is 3.41. The van der Waals surface area contributed by atoms with Crippen molar-refractivity contribution in [3.63, 3.8) is 0 Å². The highest BCUT2D eigenvalue weighted by Gasteiger charge is 1.57. The van der Waals surface area contributed by atoms with Gasteiger partial charge in [0, 0.05) is 0 Å². The number of carbonyl (C=O) groups excluding carboxylic acids is 2. The molecule has 0 radical (unpaired) electrons. The van der Waals surface area contributed by atoms with Crippen LogP contribution in [0.5, 0.6) is 0 Å². The smallest absolute Gasteiger partial charge is 0.186 e. The van der Waals surface area contributed by atoms with Gasteiger partial charge in [-0.25, -0.2) is 0 Å². The average Bonchev–Trinajstić information content (AvgIpc) is 2.12. The summed E-state index contributed by atoms with van der Waals surface area (Å²) in [5, 5.41) is 0. The first-order chi connectivity index (χ1) is 5.41. The van der Waals surface area contributed by atoms with Crippen molar-refractivity contribution in [3.8, 4) is 0 Å². The topological polar surface area (TPSA) is 34.1 Å². The summed E-state index contributed by atoms with van der Waals surface area (Å²) >= 11 is 0. The molecule has 0 amide bonds. The van der Waals surface area contributed by atoms with E-state index in [0.29, 0.717) is 0 Å². The van der Waals surface area contributed by atoms with E-state index in [4.69, 9.17) is 9.59 Å². The van der Waals surface area contributed by atoms with Crippen molar-refractivity contribution >= 4 is 6.15 Å². The second-order valence-corrected chi connectivity index (χ2v) is 1.24. The van der Waals surface area contributed by atoms with Crippen LogP contribution in [0.1, 0.15) is 13.8 Å². The van der Waals surface area contributed by atoms with Crippen LogP contribution in [0, 0.1) is 0 Å². The summed E-state index contributed by atoms with van der Waals surface area (Å²) < 4.78 is 0. The minimum Gasteiger partial charge on any atom is -0.186 e. The molecule has 0 aromatic heterocycles. The first kappa shape index (κ1) is 12.3. The molecule has 0 spiro atoms. The SMILES string of the molecule is CC.O=C=O.c1ccccc1. The summed E-state index contributed by atoms with van der Waals surface area (Å²) in [4.78, 5) is 16.2. The molecule has 1 aromatic rings. The molecule has 0 bridgehead atoms. The summed E-state index contributed by atoms with van der Waals surface area (Å²) in [6.45, 7) is 4.00. The van der Waals surface area contributed by atoms with Crippen LogP contribution in [-0.4, -0.2) is 6.15 Å². The van der Waals surface area contributed by atoms with Gasteiger partial charge in [0.15, 0.2) is 0 Å². The molecule has 0 aliphatic carbocycles. The van der Waals surface area contributed by atoms with Crippen LogP contribution in [0.3, 0.4) is 0 Å². The van der Waals surface area contributed by atoms with Crippen LogP contribution in [0.4, 0.5) is 0 Å². The second kappa shape index (κ2) is 15.8. The van der Waals surface area contributed by atoms with Gasteiger partial charge in [-0.1, -0.05) is 50.2 Å². The number of rotatable bonds is 0. The Hall–Kier alpha value is -1.40. The molecule has 0 unspecified atom stereocenters. The van der Waals surface area contributed by atoms with Gasteiger partial charge in [0.25, 0.3) is 0 Å². The van der Waals surface area contributed by atoms with Crippen molar-refractivity contribution in [2.75, 3.05) is 0 Å². The van der Waals surface area contributed by atoms with Gasteiger partial charge in [-0.05, 0) is 0 Å². The second-order valence-electron chi connectivity index (χ2n) is 1.24. The molecule has 0 N–H and O–H groups in total. The number of hydrogen-bond donors (Lipinski definition) is 0. The molecule has 60 valence electrons. The summed E-state index contributed by atoms with van der Waals surface area (Å²) in [6.07, 6.45) is 0.250. The van der Waals surface area contributed by atoms with E-state index < -0.39 is 0 Å². The molecule has 0 saturated heterocycles. The Labute approximate surface area is 66.9 Å². The van der Waals surface area contributed by atoms with Crippen LogP contribution in [0.15, 0.2) is 36.4 Å². The monoisotopic (exact) mass is 152 g/mol. The summed E-state index contributed by atoms with van der Waals surface area (Å²) in [7, 11) is 0. The van der Waals surface area contributed by atoms with E-state index in [1.807, 2.05) is 50.2 Å². The zero-order chi connectivity index (χ0) is 8.95. The maximum Gasteiger partial charge on any atom is 0.373 e. The van der Waals surface area contributed by atoms with E-state index in [9.17, 15) is 0 Å². The van der Waals surface area contributed by atoms with E-state index in [2.05, 4.69) is 0 Å². The molecule has 0 aliphatic rings. The predicted octanol–water partition coefficient (Wildman–Crippen LogP) is 2.13. The van der Waals surface area contributed by atoms with Crippen LogP contribution in [0.25, 0.3) is 0 Å². The van der Waals surface area contributed by atoms with E-state index >= 15 is 0 Å². The van der Waals surface area contributed by atoms with E-state index in [1.165, 1.54) is 0 Å². The fourth-order valence-corrected chi connectivity index (χ4v) is 0.385. The predicted molar refractivity (Wildman–Crippen MR) is 42.8 cm³/mol. The van der Waals surface area contributed by atoms with Gasteiger partial charge in [-0.15, -0.1) is 0 Å². The van der Waals surface area contributed by atoms with Crippen LogP contribution < -0.4 is 0 Å². The minimum absolute atomic E-state index is 0.250. The normalized spacial score (nSPS) is 5.64. The number of benzene rings is 1. The van der Waals surface area contributed by atoms with Crippen molar-refractivity contribution in [2.45, 2.75) is 13.8 Å². The molecule has 0 fully saturated rings. The van der Waals surface area contributed by atoms with Crippen LogP contribution in [-0.2, 0) is 9.59 Å². The fourth-order valence-electron chi connectivity index (χ4n) is 0.385. The van der Waals surface area contributed by atoms with Crippen molar-refractivity contribution in [1.29, 1.82) is 0 Å². The van der Waals surface area contributed by atoms with Gasteiger partial charge >= 0.3 is 6.15 Å². The van der Waals surface area contributed by atoms with E-state index in [-0.39, 0.29) is 6.15 Å². The maximum absolute atomic E-state index is 8.12. The molecule has 2 nitrogen and oxygen atoms in total. The Morgan fingerprint density at radius 3 is 0.909 bits per heavy atom. The minimum atomic E-state index is 0.250. The lowest BCUT2D eigenvalue weighted by molar-refractivity contribution is -0.191.